The van der Waals surface area contributed by atoms with Gasteiger partial charge in [-0.15, -0.1) is 0 Å². The lowest BCUT2D eigenvalue weighted by molar-refractivity contribution is -0.143. The molecule has 1 heterocycles. The maximum Gasteiger partial charge on any atom is 0.305 e. The van der Waals surface area contributed by atoms with Crippen molar-refractivity contribution < 1.29 is 9.53 Å². The minimum Gasteiger partial charge on any atom is -0.466 e. The van der Waals surface area contributed by atoms with Gasteiger partial charge in [0.25, 0.3) is 0 Å². The summed E-state index contributed by atoms with van der Waals surface area (Å²) < 4.78 is 4.75. The Labute approximate surface area is 132 Å². The molecular weight excluding hydrogens is 262 g/mol. The molecule has 0 amide bonds. The fourth-order valence-electron chi connectivity index (χ4n) is 3.59. The van der Waals surface area contributed by atoms with Gasteiger partial charge >= 0.3 is 5.97 Å². The highest BCUT2D eigenvalue weighted by molar-refractivity contribution is 5.69. The molecule has 0 bridgehead atoms. The van der Waals surface area contributed by atoms with Gasteiger partial charge in [0.1, 0.15) is 0 Å². The molecule has 0 aliphatic carbocycles. The topological polar surface area (TPSA) is 38.3 Å². The van der Waals surface area contributed by atoms with Gasteiger partial charge in [-0.05, 0) is 59.8 Å². The molecule has 1 fully saturated rings. The first-order valence-corrected chi connectivity index (χ1v) is 8.57. The third-order valence-corrected chi connectivity index (χ3v) is 3.68. The molecule has 0 unspecified atom stereocenters. The predicted octanol–water partition coefficient (Wildman–Crippen LogP) is 4.69. The number of carbonyl (C=O) groups excluding carboxylic acids is 1. The normalized spacial score (nSPS) is 20.3. The van der Waals surface area contributed by atoms with E-state index < -0.39 is 0 Å². The molecule has 1 aliphatic heterocycles. The van der Waals surface area contributed by atoms with Crippen molar-refractivity contribution in [2.45, 2.75) is 98.1 Å². The Bertz CT molecular complexity index is 282. The van der Waals surface area contributed by atoms with E-state index in [-0.39, 0.29) is 5.97 Å². The number of esters is 1. The second-order valence-corrected chi connectivity index (χ2v) is 7.67. The number of hydrogen-bond acceptors (Lipinski definition) is 3. The summed E-state index contributed by atoms with van der Waals surface area (Å²) >= 11 is 0. The van der Waals surface area contributed by atoms with Crippen molar-refractivity contribution in [3.8, 4) is 0 Å². The molecule has 3 heteroatoms. The summed E-state index contributed by atoms with van der Waals surface area (Å²) in [6.45, 7) is 16.0. The Kier molecular flexibility index (Phi) is 9.19. The third-order valence-electron chi connectivity index (χ3n) is 3.68. The van der Waals surface area contributed by atoms with Crippen LogP contribution in [0.1, 0.15) is 87.0 Å². The lowest BCUT2D eigenvalue weighted by atomic mass is 9.77. The van der Waals surface area contributed by atoms with Crippen molar-refractivity contribution in [3.63, 3.8) is 0 Å². The van der Waals surface area contributed by atoms with E-state index in [1.807, 2.05) is 6.92 Å². The SMILES string of the molecule is CC1CC(C)(C)NC(C)(C)C1.CCCCCC(=O)OCC. The van der Waals surface area contributed by atoms with E-state index >= 15 is 0 Å². The van der Waals surface area contributed by atoms with E-state index in [0.717, 1.165) is 25.2 Å². The van der Waals surface area contributed by atoms with Crippen LogP contribution in [0.25, 0.3) is 0 Å². The van der Waals surface area contributed by atoms with Gasteiger partial charge in [0.2, 0.25) is 0 Å². The summed E-state index contributed by atoms with van der Waals surface area (Å²) in [5.74, 6) is 0.803. The van der Waals surface area contributed by atoms with Crippen LogP contribution in [0.5, 0.6) is 0 Å². The highest BCUT2D eigenvalue weighted by atomic mass is 16.5. The molecule has 21 heavy (non-hydrogen) atoms. The molecule has 1 saturated heterocycles. The standard InChI is InChI=1S/C10H21N.C8H16O2/c1-8-6-9(2,3)11-10(4,5)7-8;1-3-5-6-7-8(9)10-4-2/h8,11H,6-7H2,1-5H3;3-7H2,1-2H3. The predicted molar refractivity (Wildman–Crippen MR) is 90.5 cm³/mol. The molecular formula is C18H37NO2. The molecule has 1 N–H and O–H groups in total. The Hall–Kier alpha value is -0.570. The average molecular weight is 299 g/mol. The molecule has 0 spiro atoms. The van der Waals surface area contributed by atoms with E-state index in [4.69, 9.17) is 4.74 Å². The fraction of sp³-hybridized carbons (Fsp3) is 0.944. The van der Waals surface area contributed by atoms with Crippen LogP contribution >= 0.6 is 0 Å². The van der Waals surface area contributed by atoms with Crippen LogP contribution in [0.15, 0.2) is 0 Å². The minimum atomic E-state index is -0.0593. The summed E-state index contributed by atoms with van der Waals surface area (Å²) in [4.78, 5) is 10.7. The van der Waals surface area contributed by atoms with Gasteiger partial charge < -0.3 is 10.1 Å². The van der Waals surface area contributed by atoms with E-state index in [1.54, 1.807) is 0 Å². The quantitative estimate of drug-likeness (QED) is 0.591. The second-order valence-electron chi connectivity index (χ2n) is 7.67. The monoisotopic (exact) mass is 299 g/mol. The highest BCUT2D eigenvalue weighted by Crippen LogP contribution is 2.31. The summed E-state index contributed by atoms with van der Waals surface area (Å²) in [5.41, 5.74) is 0.669. The van der Waals surface area contributed by atoms with Crippen molar-refractivity contribution in [3.05, 3.63) is 0 Å². The van der Waals surface area contributed by atoms with Crippen molar-refractivity contribution >= 4 is 5.97 Å². The zero-order valence-electron chi connectivity index (χ0n) is 15.3. The maximum atomic E-state index is 10.7. The minimum absolute atomic E-state index is 0.0593. The Balaban J connectivity index is 0.000000384. The van der Waals surface area contributed by atoms with Crippen molar-refractivity contribution in [2.75, 3.05) is 6.61 Å². The van der Waals surface area contributed by atoms with Gasteiger partial charge in [0, 0.05) is 17.5 Å². The number of ether oxygens (including phenoxy) is 1. The molecule has 0 aromatic carbocycles. The van der Waals surface area contributed by atoms with Gasteiger partial charge in [-0.25, -0.2) is 0 Å². The molecule has 0 saturated carbocycles. The molecule has 0 atom stereocenters. The Morgan fingerprint density at radius 1 is 1.10 bits per heavy atom. The summed E-state index contributed by atoms with van der Waals surface area (Å²) in [7, 11) is 0. The zero-order valence-corrected chi connectivity index (χ0v) is 15.3. The van der Waals surface area contributed by atoms with Crippen LogP contribution in [0.4, 0.5) is 0 Å². The van der Waals surface area contributed by atoms with Crippen LogP contribution in [0.2, 0.25) is 0 Å². The van der Waals surface area contributed by atoms with Crippen LogP contribution in [0, 0.1) is 5.92 Å². The van der Waals surface area contributed by atoms with Crippen molar-refractivity contribution in [1.82, 2.24) is 5.32 Å². The molecule has 3 nitrogen and oxygen atoms in total. The first-order chi connectivity index (χ1) is 9.62. The summed E-state index contributed by atoms with van der Waals surface area (Å²) in [6, 6.07) is 0. The van der Waals surface area contributed by atoms with E-state index in [1.165, 1.54) is 12.8 Å². The van der Waals surface area contributed by atoms with E-state index in [9.17, 15) is 4.79 Å². The first kappa shape index (κ1) is 20.4. The summed E-state index contributed by atoms with van der Waals surface area (Å²) in [5, 5.41) is 3.66. The Morgan fingerprint density at radius 2 is 1.62 bits per heavy atom. The number of carbonyl (C=O) groups is 1. The number of hydrogen-bond donors (Lipinski definition) is 1. The fourth-order valence-corrected chi connectivity index (χ4v) is 3.59. The van der Waals surface area contributed by atoms with Crippen LogP contribution < -0.4 is 5.32 Å². The lowest BCUT2D eigenvalue weighted by Crippen LogP contribution is -2.57. The second kappa shape index (κ2) is 9.45. The maximum absolute atomic E-state index is 10.7. The molecule has 0 radical (unpaired) electrons. The molecule has 126 valence electrons. The van der Waals surface area contributed by atoms with Gasteiger partial charge in [-0.3, -0.25) is 4.79 Å². The van der Waals surface area contributed by atoms with Crippen molar-refractivity contribution in [2.24, 2.45) is 5.92 Å². The van der Waals surface area contributed by atoms with Crippen LogP contribution in [-0.2, 0) is 9.53 Å². The number of piperidine rings is 1. The molecule has 1 rings (SSSR count). The van der Waals surface area contributed by atoms with Gasteiger partial charge in [0.15, 0.2) is 0 Å². The average Bonchev–Trinajstić information content (AvgIpc) is 2.25. The highest BCUT2D eigenvalue weighted by Gasteiger charge is 2.35. The molecule has 1 aliphatic rings. The van der Waals surface area contributed by atoms with Gasteiger partial charge in [-0.2, -0.15) is 0 Å². The van der Waals surface area contributed by atoms with Crippen LogP contribution in [0.3, 0.4) is 0 Å². The number of nitrogens with one attached hydrogen (secondary N) is 1. The smallest absolute Gasteiger partial charge is 0.305 e. The van der Waals surface area contributed by atoms with Gasteiger partial charge in [0.05, 0.1) is 6.61 Å². The first-order valence-electron chi connectivity index (χ1n) is 8.57. The van der Waals surface area contributed by atoms with Crippen molar-refractivity contribution in [1.29, 1.82) is 0 Å². The number of unbranched alkanes of at least 4 members (excludes halogenated alkanes) is 2. The lowest BCUT2D eigenvalue weighted by Gasteiger charge is -2.45. The molecule has 0 aromatic rings. The largest absolute Gasteiger partial charge is 0.466 e. The third kappa shape index (κ3) is 10.8. The summed E-state index contributed by atoms with van der Waals surface area (Å²) in [6.07, 6.45) is 6.43. The van der Waals surface area contributed by atoms with E-state index in [0.29, 0.717) is 24.1 Å². The van der Waals surface area contributed by atoms with E-state index in [2.05, 4.69) is 46.9 Å². The van der Waals surface area contributed by atoms with Gasteiger partial charge in [-0.1, -0.05) is 26.7 Å². The zero-order chi connectivity index (χ0) is 16.5. The molecule has 0 aromatic heterocycles. The Morgan fingerprint density at radius 3 is 2.00 bits per heavy atom. The number of rotatable bonds is 5. The van der Waals surface area contributed by atoms with Crippen LogP contribution in [-0.4, -0.2) is 23.7 Å².